The number of anilines is 2. The first-order valence-corrected chi connectivity index (χ1v) is 10.1. The second-order valence-corrected chi connectivity index (χ2v) is 7.34. The van der Waals surface area contributed by atoms with E-state index in [1.54, 1.807) is 6.07 Å². The van der Waals surface area contributed by atoms with E-state index >= 15 is 0 Å². The highest BCUT2D eigenvalue weighted by atomic mass is 19.1. The first-order chi connectivity index (χ1) is 15.3. The number of nitrogens with zero attached hydrogens (tertiary/aromatic N) is 5. The Labute approximate surface area is 185 Å². The number of nitriles is 1. The van der Waals surface area contributed by atoms with E-state index < -0.39 is 17.9 Å². The zero-order chi connectivity index (χ0) is 23.5. The Morgan fingerprint density at radius 2 is 1.94 bits per heavy atom. The number of halogens is 1. The zero-order valence-electron chi connectivity index (χ0n) is 18.0. The first-order valence-electron chi connectivity index (χ1n) is 10.1. The molecule has 0 aliphatic heterocycles. The summed E-state index contributed by atoms with van der Waals surface area (Å²) in [4.78, 5) is 33.2. The molecule has 0 saturated carbocycles. The quantitative estimate of drug-likeness (QED) is 0.379. The SMILES string of the molecule is CC(C)CN(NC(=O)N(CCCCNC(=O)O)c1ccc(F)cc1)c1ccnc(C#N)n1. The van der Waals surface area contributed by atoms with Gasteiger partial charge in [-0.1, -0.05) is 13.8 Å². The van der Waals surface area contributed by atoms with Gasteiger partial charge in [0.2, 0.25) is 5.82 Å². The van der Waals surface area contributed by atoms with Gasteiger partial charge in [0.05, 0.1) is 0 Å². The molecule has 170 valence electrons. The number of hydrogen-bond donors (Lipinski definition) is 3. The van der Waals surface area contributed by atoms with E-state index in [9.17, 15) is 14.0 Å². The van der Waals surface area contributed by atoms with Crippen molar-refractivity contribution in [1.82, 2.24) is 20.7 Å². The summed E-state index contributed by atoms with van der Waals surface area (Å²) in [6.45, 7) is 4.90. The Kier molecular flexibility index (Phi) is 9.16. The molecule has 3 N–H and O–H groups in total. The molecule has 2 aromatic rings. The summed E-state index contributed by atoms with van der Waals surface area (Å²) in [5.41, 5.74) is 3.29. The van der Waals surface area contributed by atoms with Crippen LogP contribution < -0.4 is 20.7 Å². The van der Waals surface area contributed by atoms with Crippen LogP contribution in [-0.2, 0) is 0 Å². The Hall–Kier alpha value is -3.94. The van der Waals surface area contributed by atoms with Gasteiger partial charge in [0.15, 0.2) is 5.82 Å². The van der Waals surface area contributed by atoms with Crippen LogP contribution in [0.5, 0.6) is 0 Å². The topological polar surface area (TPSA) is 134 Å². The minimum absolute atomic E-state index is 0.0215. The molecule has 0 radical (unpaired) electrons. The molecule has 3 amide bonds. The van der Waals surface area contributed by atoms with E-state index in [0.29, 0.717) is 30.9 Å². The molecular formula is C21H26FN7O3. The van der Waals surface area contributed by atoms with Crippen molar-refractivity contribution >= 4 is 23.6 Å². The third kappa shape index (κ3) is 7.71. The molecule has 0 aliphatic carbocycles. The van der Waals surface area contributed by atoms with E-state index in [2.05, 4.69) is 20.7 Å². The minimum Gasteiger partial charge on any atom is -0.465 e. The number of benzene rings is 1. The molecule has 1 aromatic carbocycles. The number of unbranched alkanes of at least 4 members (excludes halogenated alkanes) is 1. The van der Waals surface area contributed by atoms with Crippen molar-refractivity contribution in [3.05, 3.63) is 48.2 Å². The fourth-order valence-corrected chi connectivity index (χ4v) is 2.85. The van der Waals surface area contributed by atoms with Gasteiger partial charge in [-0.3, -0.25) is 9.91 Å². The highest BCUT2D eigenvalue weighted by molar-refractivity contribution is 5.92. The highest BCUT2D eigenvalue weighted by Gasteiger charge is 2.20. The molecule has 0 bridgehead atoms. The molecule has 0 spiro atoms. The Balaban J connectivity index is 2.19. The highest BCUT2D eigenvalue weighted by Crippen LogP contribution is 2.17. The molecule has 32 heavy (non-hydrogen) atoms. The molecule has 10 nitrogen and oxygen atoms in total. The number of hydrogen-bond acceptors (Lipinski definition) is 6. The van der Waals surface area contributed by atoms with Gasteiger partial charge < -0.3 is 10.4 Å². The van der Waals surface area contributed by atoms with Gasteiger partial charge in [0.25, 0.3) is 0 Å². The molecule has 2 rings (SSSR count). The number of urea groups is 1. The Bertz CT molecular complexity index is 947. The van der Waals surface area contributed by atoms with Crippen LogP contribution in [0, 0.1) is 23.1 Å². The maximum absolute atomic E-state index is 13.4. The fraction of sp³-hybridized carbons (Fsp3) is 0.381. The number of amides is 3. The molecule has 0 saturated heterocycles. The van der Waals surface area contributed by atoms with E-state index in [1.807, 2.05) is 19.9 Å². The van der Waals surface area contributed by atoms with Crippen LogP contribution in [0.2, 0.25) is 0 Å². The lowest BCUT2D eigenvalue weighted by atomic mass is 10.2. The van der Waals surface area contributed by atoms with Crippen LogP contribution in [0.25, 0.3) is 0 Å². The summed E-state index contributed by atoms with van der Waals surface area (Å²) in [6.07, 6.45) is 1.36. The monoisotopic (exact) mass is 443 g/mol. The number of aromatic nitrogens is 2. The van der Waals surface area contributed by atoms with E-state index in [-0.39, 0.29) is 24.8 Å². The standard InChI is InChI=1S/C21H26FN7O3/c1-15(2)14-29(19-9-11-24-18(13-23)26-19)27-20(30)28(12-4-3-10-25-21(31)32)17-7-5-16(22)6-8-17/h5-9,11,15,25H,3-4,10,12,14H2,1-2H3,(H,27,30)(H,31,32). The van der Waals surface area contributed by atoms with Crippen molar-refractivity contribution in [2.75, 3.05) is 29.5 Å². The van der Waals surface area contributed by atoms with Gasteiger partial charge in [-0.05, 0) is 43.0 Å². The van der Waals surface area contributed by atoms with Crippen molar-refractivity contribution in [2.24, 2.45) is 5.92 Å². The maximum atomic E-state index is 13.4. The predicted molar refractivity (Wildman–Crippen MR) is 116 cm³/mol. The third-order valence-electron chi connectivity index (χ3n) is 4.26. The largest absolute Gasteiger partial charge is 0.465 e. The summed E-state index contributed by atoms with van der Waals surface area (Å²) >= 11 is 0. The molecule has 0 fully saturated rings. The number of nitrogens with one attached hydrogen (secondary N) is 2. The van der Waals surface area contributed by atoms with Crippen molar-refractivity contribution in [1.29, 1.82) is 5.26 Å². The fourth-order valence-electron chi connectivity index (χ4n) is 2.85. The van der Waals surface area contributed by atoms with E-state index in [1.165, 1.54) is 40.4 Å². The van der Waals surface area contributed by atoms with Gasteiger partial charge in [0, 0.05) is 37.6 Å². The summed E-state index contributed by atoms with van der Waals surface area (Å²) in [6, 6.07) is 8.50. The van der Waals surface area contributed by atoms with Gasteiger partial charge in [-0.25, -0.2) is 24.4 Å². The first kappa shape index (κ1) is 24.3. The third-order valence-corrected chi connectivity index (χ3v) is 4.26. The lowest BCUT2D eigenvalue weighted by Gasteiger charge is -2.30. The molecular weight excluding hydrogens is 417 g/mol. The summed E-state index contributed by atoms with van der Waals surface area (Å²) < 4.78 is 13.4. The molecule has 1 heterocycles. The molecule has 11 heteroatoms. The molecule has 0 atom stereocenters. The lowest BCUT2D eigenvalue weighted by molar-refractivity contribution is 0.194. The Morgan fingerprint density at radius 1 is 1.22 bits per heavy atom. The average Bonchev–Trinajstić information content (AvgIpc) is 2.76. The smallest absolute Gasteiger partial charge is 0.404 e. The molecule has 0 unspecified atom stereocenters. The van der Waals surface area contributed by atoms with E-state index in [0.717, 1.165) is 0 Å². The summed E-state index contributed by atoms with van der Waals surface area (Å²) in [5.74, 6) is 0.0820. The van der Waals surface area contributed by atoms with Crippen molar-refractivity contribution in [3.8, 4) is 6.07 Å². The number of hydrazine groups is 1. The van der Waals surface area contributed by atoms with Crippen LogP contribution in [0.15, 0.2) is 36.5 Å². The van der Waals surface area contributed by atoms with Crippen molar-refractivity contribution in [2.45, 2.75) is 26.7 Å². The van der Waals surface area contributed by atoms with Crippen LogP contribution in [0.1, 0.15) is 32.5 Å². The normalized spacial score (nSPS) is 10.3. The summed E-state index contributed by atoms with van der Waals surface area (Å²) in [7, 11) is 0. The van der Waals surface area contributed by atoms with Gasteiger partial charge >= 0.3 is 12.1 Å². The number of carbonyl (C=O) groups is 2. The zero-order valence-corrected chi connectivity index (χ0v) is 18.0. The number of rotatable bonds is 10. The summed E-state index contributed by atoms with van der Waals surface area (Å²) in [5, 5.41) is 21.6. The number of carbonyl (C=O) groups excluding carboxylic acids is 1. The second-order valence-electron chi connectivity index (χ2n) is 7.34. The average molecular weight is 443 g/mol. The minimum atomic E-state index is -1.11. The predicted octanol–water partition coefficient (Wildman–Crippen LogP) is 3.13. The molecule has 1 aromatic heterocycles. The molecule has 0 aliphatic rings. The van der Waals surface area contributed by atoms with Crippen molar-refractivity contribution in [3.63, 3.8) is 0 Å². The maximum Gasteiger partial charge on any atom is 0.404 e. The van der Waals surface area contributed by atoms with Gasteiger partial charge in [-0.15, -0.1) is 0 Å². The van der Waals surface area contributed by atoms with Crippen LogP contribution >= 0.6 is 0 Å². The Morgan fingerprint density at radius 3 is 2.56 bits per heavy atom. The lowest BCUT2D eigenvalue weighted by Crippen LogP contribution is -2.51. The van der Waals surface area contributed by atoms with Crippen LogP contribution in [-0.4, -0.2) is 46.8 Å². The van der Waals surface area contributed by atoms with Gasteiger partial charge in [-0.2, -0.15) is 10.2 Å². The van der Waals surface area contributed by atoms with Crippen molar-refractivity contribution < 1.29 is 19.1 Å². The van der Waals surface area contributed by atoms with Crippen LogP contribution in [0.3, 0.4) is 0 Å². The van der Waals surface area contributed by atoms with Gasteiger partial charge in [0.1, 0.15) is 11.9 Å². The number of carboxylic acid groups (broad SMARTS) is 1. The van der Waals surface area contributed by atoms with Crippen LogP contribution in [0.4, 0.5) is 25.5 Å². The second kappa shape index (κ2) is 12.0. The van der Waals surface area contributed by atoms with E-state index in [4.69, 9.17) is 10.4 Å².